The van der Waals surface area contributed by atoms with E-state index in [4.69, 9.17) is 19.9 Å². The molecule has 1 aliphatic heterocycles. The summed E-state index contributed by atoms with van der Waals surface area (Å²) >= 11 is 0. The van der Waals surface area contributed by atoms with Gasteiger partial charge in [0.1, 0.15) is 23.7 Å². The molecular formula is C32H32N2O10. The van der Waals surface area contributed by atoms with Crippen LogP contribution in [0.2, 0.25) is 0 Å². The second kappa shape index (κ2) is 11.3. The minimum absolute atomic E-state index is 0.00357. The lowest BCUT2D eigenvalue weighted by Gasteiger charge is -2.42. The number of phenols is 2. The van der Waals surface area contributed by atoms with Gasteiger partial charge in [-0.15, -0.1) is 0 Å². The molecule has 0 spiro atoms. The Morgan fingerprint density at radius 3 is 2.27 bits per heavy atom. The predicted molar refractivity (Wildman–Crippen MR) is 155 cm³/mol. The first-order chi connectivity index (χ1) is 21.0. The van der Waals surface area contributed by atoms with E-state index in [-0.39, 0.29) is 52.6 Å². The standard InChI is InChI=1S/C32H32N2O10/c1-15-26(35)20(33)11-22(43-15)44-21-13-32(41,14-42-31(40)34-16-7-3-2-4-8-16)12-19-23(21)30(39)25-24(29(19)38)27(36)17-9-5-6-10-18(17)28(25)37/h2-10,15,20-22,26,35,38-39,41H,11-14,33H2,1H3,(H,34,40)/t15-,20-,21-,22-,26-,32-/m0/s1. The van der Waals surface area contributed by atoms with E-state index in [9.17, 15) is 34.8 Å². The van der Waals surface area contributed by atoms with Crippen LogP contribution in [-0.2, 0) is 20.6 Å². The number of benzene rings is 3. The van der Waals surface area contributed by atoms with Crippen molar-refractivity contribution in [3.05, 3.63) is 88.0 Å². The topological polar surface area (TPSA) is 198 Å². The van der Waals surface area contributed by atoms with Crippen LogP contribution in [0.4, 0.5) is 10.5 Å². The van der Waals surface area contributed by atoms with E-state index in [1.807, 2.05) is 0 Å². The first-order valence-electron chi connectivity index (χ1n) is 14.2. The van der Waals surface area contributed by atoms with Crippen molar-refractivity contribution < 1.29 is 49.0 Å². The van der Waals surface area contributed by atoms with Crippen LogP contribution in [0.3, 0.4) is 0 Å². The second-order valence-corrected chi connectivity index (χ2v) is 11.5. The zero-order valence-corrected chi connectivity index (χ0v) is 23.7. The number of aromatic hydroxyl groups is 2. The average Bonchev–Trinajstić information content (AvgIpc) is 3.00. The Balaban J connectivity index is 1.38. The van der Waals surface area contributed by atoms with E-state index in [0.717, 1.165) is 0 Å². The molecule has 3 aliphatic rings. The van der Waals surface area contributed by atoms with Gasteiger partial charge in [0.15, 0.2) is 17.9 Å². The molecule has 7 N–H and O–H groups in total. The Bertz CT molecular complexity index is 1630. The number of carbonyl (C=O) groups excluding carboxylic acids is 3. The molecule has 12 heteroatoms. The summed E-state index contributed by atoms with van der Waals surface area (Å²) in [6, 6.07) is 13.9. The van der Waals surface area contributed by atoms with Crippen molar-refractivity contribution in [2.24, 2.45) is 5.73 Å². The number of hydrogen-bond donors (Lipinski definition) is 6. The number of fused-ring (bicyclic) bond motifs is 3. The number of ketones is 2. The lowest BCUT2D eigenvalue weighted by molar-refractivity contribution is -0.248. The summed E-state index contributed by atoms with van der Waals surface area (Å²) in [6.07, 6.45) is -5.23. The third-order valence-corrected chi connectivity index (χ3v) is 8.41. The zero-order chi connectivity index (χ0) is 31.3. The fourth-order valence-corrected chi connectivity index (χ4v) is 6.22. The molecule has 3 aromatic rings. The Kier molecular flexibility index (Phi) is 7.64. The molecule has 12 nitrogen and oxygen atoms in total. The van der Waals surface area contributed by atoms with Crippen LogP contribution in [0.5, 0.6) is 11.5 Å². The highest BCUT2D eigenvalue weighted by Crippen LogP contribution is 2.51. The lowest BCUT2D eigenvalue weighted by Crippen LogP contribution is -2.52. The number of anilines is 1. The molecule has 3 aromatic carbocycles. The molecule has 0 aromatic heterocycles. The van der Waals surface area contributed by atoms with Crippen LogP contribution in [0.1, 0.15) is 68.8 Å². The summed E-state index contributed by atoms with van der Waals surface area (Å²) in [5.74, 6) is -2.48. The maximum absolute atomic E-state index is 13.5. The van der Waals surface area contributed by atoms with Gasteiger partial charge in [-0.1, -0.05) is 42.5 Å². The molecule has 1 amide bonds. The summed E-state index contributed by atoms with van der Waals surface area (Å²) < 4.78 is 17.4. The van der Waals surface area contributed by atoms with Gasteiger partial charge < -0.3 is 40.4 Å². The van der Waals surface area contributed by atoms with E-state index in [1.165, 1.54) is 12.1 Å². The molecule has 1 heterocycles. The Hall–Kier alpha value is -4.33. The quantitative estimate of drug-likeness (QED) is 0.183. The van der Waals surface area contributed by atoms with Gasteiger partial charge in [0, 0.05) is 53.2 Å². The van der Waals surface area contributed by atoms with Crippen molar-refractivity contribution in [2.75, 3.05) is 11.9 Å². The molecule has 44 heavy (non-hydrogen) atoms. The van der Waals surface area contributed by atoms with Crippen LogP contribution in [-0.4, -0.2) is 74.8 Å². The molecule has 230 valence electrons. The Labute approximate surface area is 252 Å². The summed E-state index contributed by atoms with van der Waals surface area (Å²) in [6.45, 7) is 1.07. The van der Waals surface area contributed by atoms with Crippen LogP contribution in [0, 0.1) is 0 Å². The minimum Gasteiger partial charge on any atom is -0.507 e. The predicted octanol–water partition coefficient (Wildman–Crippen LogP) is 2.68. The van der Waals surface area contributed by atoms with Crippen molar-refractivity contribution in [2.45, 2.75) is 62.4 Å². The third kappa shape index (κ3) is 5.20. The van der Waals surface area contributed by atoms with Gasteiger partial charge in [0.25, 0.3) is 0 Å². The van der Waals surface area contributed by atoms with E-state index in [0.29, 0.717) is 5.69 Å². The van der Waals surface area contributed by atoms with Crippen molar-refractivity contribution in [3.8, 4) is 11.5 Å². The van der Waals surface area contributed by atoms with Gasteiger partial charge in [-0.25, -0.2) is 4.79 Å². The second-order valence-electron chi connectivity index (χ2n) is 11.5. The summed E-state index contributed by atoms with van der Waals surface area (Å²) in [5, 5.41) is 47.6. The summed E-state index contributed by atoms with van der Waals surface area (Å²) in [7, 11) is 0. The normalized spacial score (nSPS) is 27.6. The highest BCUT2D eigenvalue weighted by atomic mass is 16.7. The number of carbonyl (C=O) groups is 3. The van der Waals surface area contributed by atoms with Crippen LogP contribution >= 0.6 is 0 Å². The monoisotopic (exact) mass is 604 g/mol. The van der Waals surface area contributed by atoms with E-state index < -0.39 is 72.0 Å². The number of amides is 1. The molecule has 2 aliphatic carbocycles. The van der Waals surface area contributed by atoms with Crippen LogP contribution < -0.4 is 11.1 Å². The van der Waals surface area contributed by atoms with Gasteiger partial charge >= 0.3 is 6.09 Å². The SMILES string of the molecule is C[C@@H]1O[C@@H](O[C@H]2C[C@](O)(COC(=O)Nc3ccccc3)Cc3c(O)c4c(c(O)c32)C(=O)c2ccccc2C4=O)C[C@H](N)[C@H]1O. The van der Waals surface area contributed by atoms with Gasteiger partial charge in [-0.05, 0) is 19.1 Å². The van der Waals surface area contributed by atoms with Crippen LogP contribution in [0.15, 0.2) is 54.6 Å². The van der Waals surface area contributed by atoms with Crippen molar-refractivity contribution in [1.29, 1.82) is 0 Å². The summed E-state index contributed by atoms with van der Waals surface area (Å²) in [5.41, 5.74) is 4.06. The number of aliphatic hydroxyl groups is 2. The van der Waals surface area contributed by atoms with E-state index >= 15 is 0 Å². The number of aliphatic hydroxyl groups excluding tert-OH is 1. The zero-order valence-electron chi connectivity index (χ0n) is 23.7. The number of para-hydroxylation sites is 1. The van der Waals surface area contributed by atoms with Gasteiger partial charge in [0.05, 0.1) is 29.4 Å². The summed E-state index contributed by atoms with van der Waals surface area (Å²) in [4.78, 5) is 39.6. The van der Waals surface area contributed by atoms with Crippen molar-refractivity contribution in [3.63, 3.8) is 0 Å². The molecule has 0 saturated carbocycles. The molecule has 0 bridgehead atoms. The fourth-order valence-electron chi connectivity index (χ4n) is 6.22. The lowest BCUT2D eigenvalue weighted by atomic mass is 9.73. The first kappa shape index (κ1) is 29.7. The maximum atomic E-state index is 13.5. The number of ether oxygens (including phenoxy) is 3. The first-order valence-corrected chi connectivity index (χ1v) is 14.2. The van der Waals surface area contributed by atoms with Crippen molar-refractivity contribution in [1.82, 2.24) is 0 Å². The maximum Gasteiger partial charge on any atom is 0.411 e. The van der Waals surface area contributed by atoms with Crippen molar-refractivity contribution >= 4 is 23.3 Å². The Morgan fingerprint density at radius 1 is 1.02 bits per heavy atom. The molecule has 6 rings (SSSR count). The molecule has 0 radical (unpaired) electrons. The highest BCUT2D eigenvalue weighted by Gasteiger charge is 2.48. The highest BCUT2D eigenvalue weighted by molar-refractivity contribution is 6.30. The molecule has 0 unspecified atom stereocenters. The van der Waals surface area contributed by atoms with Gasteiger partial charge in [0.2, 0.25) is 0 Å². The number of rotatable bonds is 5. The third-order valence-electron chi connectivity index (χ3n) is 8.41. The number of hydrogen-bond acceptors (Lipinski definition) is 11. The number of phenolic OH excluding ortho intramolecular Hbond substituents is 2. The fraction of sp³-hybridized carbons (Fsp3) is 0.344. The van der Waals surface area contributed by atoms with Gasteiger partial charge in [-0.2, -0.15) is 0 Å². The van der Waals surface area contributed by atoms with Crippen LogP contribution in [0.25, 0.3) is 0 Å². The molecule has 1 saturated heterocycles. The Morgan fingerprint density at radius 2 is 1.64 bits per heavy atom. The molecule has 6 atom stereocenters. The molecular weight excluding hydrogens is 572 g/mol. The van der Waals surface area contributed by atoms with E-state index in [2.05, 4.69) is 5.32 Å². The van der Waals surface area contributed by atoms with Gasteiger partial charge in [-0.3, -0.25) is 14.9 Å². The molecule has 1 fully saturated rings. The van der Waals surface area contributed by atoms with E-state index in [1.54, 1.807) is 49.4 Å². The smallest absolute Gasteiger partial charge is 0.411 e. The number of nitrogens with two attached hydrogens (primary N) is 1. The largest absolute Gasteiger partial charge is 0.507 e. The average molecular weight is 605 g/mol. The minimum atomic E-state index is -1.84. The number of nitrogens with one attached hydrogen (secondary N) is 1.